The molecule has 1 aliphatic carbocycles. The van der Waals surface area contributed by atoms with E-state index in [1.165, 1.54) is 43.5 Å². The molecule has 2 aromatic carbocycles. The van der Waals surface area contributed by atoms with E-state index in [1.807, 2.05) is 30.9 Å². The lowest BCUT2D eigenvalue weighted by atomic mass is 10.0. The van der Waals surface area contributed by atoms with Gasteiger partial charge in [-0.25, -0.2) is 9.48 Å². The lowest BCUT2D eigenvalue weighted by Gasteiger charge is -2.26. The van der Waals surface area contributed by atoms with Crippen LogP contribution in [0.3, 0.4) is 0 Å². The number of aryl methyl sites for hydroxylation is 1. The molecule has 4 aromatic rings. The predicted octanol–water partition coefficient (Wildman–Crippen LogP) is 5.10. The molecule has 2 unspecified atom stereocenters. The molecule has 0 spiro atoms. The lowest BCUT2D eigenvalue weighted by molar-refractivity contribution is 0.0525. The number of nitrogens with zero attached hydrogens (tertiary/aromatic N) is 6. The van der Waals surface area contributed by atoms with Gasteiger partial charge in [0.1, 0.15) is 5.56 Å². The van der Waals surface area contributed by atoms with Gasteiger partial charge in [0.05, 0.1) is 29.9 Å². The van der Waals surface area contributed by atoms with E-state index in [0.29, 0.717) is 12.2 Å². The molecule has 2 fully saturated rings. The number of rotatable bonds is 8. The zero-order valence-electron chi connectivity index (χ0n) is 22.1. The van der Waals surface area contributed by atoms with Gasteiger partial charge in [0.2, 0.25) is 0 Å². The molecule has 1 saturated carbocycles. The molecule has 0 bridgehead atoms. The minimum Gasteiger partial charge on any atom is -0.462 e. The van der Waals surface area contributed by atoms with Crippen molar-refractivity contribution in [2.24, 2.45) is 7.05 Å². The maximum Gasteiger partial charge on any atom is 0.341 e. The summed E-state index contributed by atoms with van der Waals surface area (Å²) in [5.74, 6) is 0.00669. The Morgan fingerprint density at radius 3 is 2.58 bits per heavy atom. The minimum atomic E-state index is -0.333. The van der Waals surface area contributed by atoms with Crippen molar-refractivity contribution in [1.29, 1.82) is 0 Å². The fraction of sp³-hybridized carbons (Fsp3) is 0.400. The number of ether oxygens (including phenoxy) is 1. The Hall–Kier alpha value is -3.78. The van der Waals surface area contributed by atoms with E-state index >= 15 is 0 Å². The number of aromatic nitrogens is 5. The molecule has 0 N–H and O–H groups in total. The average molecular weight is 511 g/mol. The van der Waals surface area contributed by atoms with Crippen LogP contribution in [0.2, 0.25) is 0 Å². The van der Waals surface area contributed by atoms with Gasteiger partial charge in [0.25, 0.3) is 0 Å². The number of carbonyl (C=O) groups is 1. The normalized spacial score (nSPS) is 19.4. The number of likely N-dealkylation sites (tertiary alicyclic amines) is 1. The van der Waals surface area contributed by atoms with Gasteiger partial charge in [0, 0.05) is 31.6 Å². The smallest absolute Gasteiger partial charge is 0.341 e. The van der Waals surface area contributed by atoms with Crippen LogP contribution in [0.25, 0.3) is 16.8 Å². The van der Waals surface area contributed by atoms with E-state index in [4.69, 9.17) is 4.74 Å². The van der Waals surface area contributed by atoms with Crippen LogP contribution in [0.5, 0.6) is 0 Å². The van der Waals surface area contributed by atoms with Crippen molar-refractivity contribution in [1.82, 2.24) is 29.7 Å². The molecule has 3 heterocycles. The number of esters is 1. The summed E-state index contributed by atoms with van der Waals surface area (Å²) >= 11 is 0. The highest BCUT2D eigenvalue weighted by atomic mass is 16.5. The maximum atomic E-state index is 12.9. The van der Waals surface area contributed by atoms with Crippen molar-refractivity contribution in [3.05, 3.63) is 83.4 Å². The minimum absolute atomic E-state index is 0.130. The third-order valence-corrected chi connectivity index (χ3v) is 7.65. The van der Waals surface area contributed by atoms with Gasteiger partial charge in [-0.1, -0.05) is 42.0 Å². The van der Waals surface area contributed by atoms with E-state index in [9.17, 15) is 4.79 Å². The Morgan fingerprint density at radius 1 is 1.03 bits per heavy atom. The van der Waals surface area contributed by atoms with Gasteiger partial charge < -0.3 is 4.74 Å². The summed E-state index contributed by atoms with van der Waals surface area (Å²) in [6.45, 7) is 5.50. The summed E-state index contributed by atoms with van der Waals surface area (Å²) in [5.41, 5.74) is 6.93. The van der Waals surface area contributed by atoms with Crippen molar-refractivity contribution < 1.29 is 9.53 Å². The first-order chi connectivity index (χ1) is 18.6. The molecule has 2 aromatic heterocycles. The largest absolute Gasteiger partial charge is 0.462 e. The monoisotopic (exact) mass is 510 g/mol. The third-order valence-electron chi connectivity index (χ3n) is 7.65. The predicted molar refractivity (Wildman–Crippen MR) is 145 cm³/mol. The van der Waals surface area contributed by atoms with Crippen molar-refractivity contribution in [2.75, 3.05) is 19.7 Å². The van der Waals surface area contributed by atoms with Crippen LogP contribution in [-0.4, -0.2) is 55.3 Å². The second kappa shape index (κ2) is 10.5. The molecule has 2 atom stereocenters. The van der Waals surface area contributed by atoms with Gasteiger partial charge >= 0.3 is 5.97 Å². The molecule has 1 aliphatic heterocycles. The molecule has 8 nitrogen and oxygen atoms in total. The number of hydrogen-bond donors (Lipinski definition) is 0. The Kier molecular flexibility index (Phi) is 6.81. The van der Waals surface area contributed by atoms with E-state index in [1.54, 1.807) is 10.9 Å². The average Bonchev–Trinajstić information content (AvgIpc) is 3.39. The Bertz CT molecular complexity index is 1430. The van der Waals surface area contributed by atoms with Crippen molar-refractivity contribution in [2.45, 2.75) is 51.0 Å². The SMILES string of the molecule is CCOC(=O)c1cnn(-c2cccc(-c3cccc(CN4CCCCC4)c3)c2)c1C1CC1c1cn(C)nn1. The Labute approximate surface area is 223 Å². The number of benzene rings is 2. The van der Waals surface area contributed by atoms with Crippen LogP contribution in [0, 0.1) is 0 Å². The molecule has 8 heteroatoms. The summed E-state index contributed by atoms with van der Waals surface area (Å²) in [7, 11) is 1.87. The van der Waals surface area contributed by atoms with Crippen LogP contribution in [0.1, 0.15) is 71.8 Å². The molecular formula is C30H34N6O2. The summed E-state index contributed by atoms with van der Waals surface area (Å²) in [4.78, 5) is 15.4. The number of piperidine rings is 1. The second-order valence-electron chi connectivity index (χ2n) is 10.4. The molecule has 196 valence electrons. The van der Waals surface area contributed by atoms with Crippen LogP contribution in [0.4, 0.5) is 0 Å². The Morgan fingerprint density at radius 2 is 1.82 bits per heavy atom. The molecule has 2 aliphatic rings. The lowest BCUT2D eigenvalue weighted by Crippen LogP contribution is -2.29. The first-order valence-corrected chi connectivity index (χ1v) is 13.6. The fourth-order valence-electron chi connectivity index (χ4n) is 5.69. The first kappa shape index (κ1) is 24.6. The van der Waals surface area contributed by atoms with Crippen LogP contribution >= 0.6 is 0 Å². The zero-order chi connectivity index (χ0) is 26.1. The molecule has 0 radical (unpaired) electrons. The zero-order valence-corrected chi connectivity index (χ0v) is 22.1. The quantitative estimate of drug-likeness (QED) is 0.307. The highest BCUT2D eigenvalue weighted by Crippen LogP contribution is 2.55. The molecule has 38 heavy (non-hydrogen) atoms. The van der Waals surface area contributed by atoms with Crippen molar-refractivity contribution in [3.63, 3.8) is 0 Å². The molecular weight excluding hydrogens is 476 g/mol. The van der Waals surface area contributed by atoms with Crippen molar-refractivity contribution >= 4 is 5.97 Å². The van der Waals surface area contributed by atoms with Crippen LogP contribution in [0.15, 0.2) is 60.9 Å². The maximum absolute atomic E-state index is 12.9. The van der Waals surface area contributed by atoms with E-state index in [0.717, 1.165) is 35.6 Å². The fourth-order valence-corrected chi connectivity index (χ4v) is 5.69. The Balaban J connectivity index is 1.32. The highest BCUT2D eigenvalue weighted by molar-refractivity contribution is 5.91. The molecule has 0 amide bonds. The standard InChI is InChI=1S/C30H34N6O2/c1-3-38-30(37)27-18-31-36(29(27)26-17-25(26)28-20-34(2)33-32-28)24-12-8-11-23(16-24)22-10-7-9-21(15-22)19-35-13-5-4-6-14-35/h7-12,15-16,18,20,25-26H,3-6,13-14,17,19H2,1-2H3. The molecule has 6 rings (SSSR count). The first-order valence-electron chi connectivity index (χ1n) is 13.6. The summed E-state index contributed by atoms with van der Waals surface area (Å²) in [6, 6.07) is 17.2. The van der Waals surface area contributed by atoms with Gasteiger partial charge in [-0.15, -0.1) is 5.10 Å². The van der Waals surface area contributed by atoms with E-state index in [2.05, 4.69) is 62.8 Å². The third kappa shape index (κ3) is 5.00. The van der Waals surface area contributed by atoms with Gasteiger partial charge in [-0.05, 0) is 74.2 Å². The van der Waals surface area contributed by atoms with Gasteiger partial charge in [-0.3, -0.25) is 9.58 Å². The van der Waals surface area contributed by atoms with Crippen LogP contribution in [-0.2, 0) is 18.3 Å². The highest BCUT2D eigenvalue weighted by Gasteiger charge is 2.46. The summed E-state index contributed by atoms with van der Waals surface area (Å²) in [6.07, 6.45) is 8.42. The topological polar surface area (TPSA) is 78.1 Å². The number of hydrogen-bond acceptors (Lipinski definition) is 6. The summed E-state index contributed by atoms with van der Waals surface area (Å²) < 4.78 is 9.01. The van der Waals surface area contributed by atoms with Gasteiger partial charge in [-0.2, -0.15) is 5.10 Å². The van der Waals surface area contributed by atoms with E-state index in [-0.39, 0.29) is 17.8 Å². The second-order valence-corrected chi connectivity index (χ2v) is 10.4. The van der Waals surface area contributed by atoms with E-state index < -0.39 is 0 Å². The van der Waals surface area contributed by atoms with Gasteiger partial charge in [0.15, 0.2) is 0 Å². The number of carbonyl (C=O) groups excluding carboxylic acids is 1. The summed E-state index contributed by atoms with van der Waals surface area (Å²) in [5, 5.41) is 13.1. The van der Waals surface area contributed by atoms with Crippen molar-refractivity contribution in [3.8, 4) is 16.8 Å². The molecule has 1 saturated heterocycles. The van der Waals surface area contributed by atoms with Crippen LogP contribution < -0.4 is 0 Å².